The second kappa shape index (κ2) is 9.00. The van der Waals surface area contributed by atoms with Crippen molar-refractivity contribution >= 4 is 33.4 Å². The zero-order valence-corrected chi connectivity index (χ0v) is 16.7. The number of ether oxygens (including phenoxy) is 1. The Bertz CT molecular complexity index is 794. The van der Waals surface area contributed by atoms with Gasteiger partial charge in [0.05, 0.1) is 17.5 Å². The molecule has 0 aliphatic carbocycles. The third-order valence-electron chi connectivity index (χ3n) is 3.42. The first-order valence-electron chi connectivity index (χ1n) is 7.71. The number of thioether (sulfide) groups is 1. The molecule has 0 bridgehead atoms. The minimum absolute atomic E-state index is 0.154. The van der Waals surface area contributed by atoms with Gasteiger partial charge >= 0.3 is 0 Å². The molecule has 2 aromatic rings. The fourth-order valence-corrected chi connectivity index (χ4v) is 4.44. The second-order valence-electron chi connectivity index (χ2n) is 5.22. The van der Waals surface area contributed by atoms with Crippen molar-refractivity contribution in [3.63, 3.8) is 0 Å². The maximum Gasteiger partial charge on any atom is 0.241 e. The van der Waals surface area contributed by atoms with Crippen LogP contribution in [0.1, 0.15) is 25.7 Å². The quantitative estimate of drug-likeness (QED) is 0.510. The van der Waals surface area contributed by atoms with Crippen LogP contribution in [0.4, 0.5) is 0 Å². The summed E-state index contributed by atoms with van der Waals surface area (Å²) in [6.07, 6.45) is 0. The maximum atomic E-state index is 12.5. The highest BCUT2D eigenvalue weighted by Crippen LogP contribution is 2.22. The van der Waals surface area contributed by atoms with Gasteiger partial charge in [0.1, 0.15) is 0 Å². The van der Waals surface area contributed by atoms with Crippen LogP contribution in [0.3, 0.4) is 0 Å². The summed E-state index contributed by atoms with van der Waals surface area (Å²) in [4.78, 5) is 0.154. The van der Waals surface area contributed by atoms with Crippen molar-refractivity contribution in [2.45, 2.75) is 36.5 Å². The van der Waals surface area contributed by atoms with Crippen LogP contribution in [0, 0.1) is 0 Å². The van der Waals surface area contributed by atoms with Gasteiger partial charge in [0.25, 0.3) is 0 Å². The lowest BCUT2D eigenvalue weighted by Crippen LogP contribution is -2.29. The highest BCUT2D eigenvalue weighted by molar-refractivity contribution is 7.99. The second-order valence-corrected chi connectivity index (χ2v) is 8.44. The van der Waals surface area contributed by atoms with Gasteiger partial charge in [0.2, 0.25) is 10.0 Å². The van der Waals surface area contributed by atoms with Gasteiger partial charge in [-0.2, -0.15) is 0 Å². The van der Waals surface area contributed by atoms with E-state index in [1.807, 2.05) is 11.5 Å². The van der Waals surface area contributed by atoms with Gasteiger partial charge in [-0.3, -0.25) is 0 Å². The number of aromatic nitrogens is 3. The van der Waals surface area contributed by atoms with Gasteiger partial charge in [0, 0.05) is 24.4 Å². The third kappa shape index (κ3) is 5.18. The van der Waals surface area contributed by atoms with E-state index in [0.717, 1.165) is 10.9 Å². The smallest absolute Gasteiger partial charge is 0.241 e. The molecule has 0 aliphatic rings. The Kier molecular flexibility index (Phi) is 7.26. The lowest BCUT2D eigenvalue weighted by Gasteiger charge is -2.15. The van der Waals surface area contributed by atoms with Gasteiger partial charge in [0.15, 0.2) is 11.0 Å². The zero-order chi connectivity index (χ0) is 18.4. The molecule has 0 aliphatic heterocycles. The molecular formula is C15H21ClN4O3S2. The maximum absolute atomic E-state index is 12.5. The van der Waals surface area contributed by atoms with E-state index >= 15 is 0 Å². The van der Waals surface area contributed by atoms with Gasteiger partial charge in [-0.05, 0) is 38.1 Å². The van der Waals surface area contributed by atoms with Crippen molar-refractivity contribution < 1.29 is 13.2 Å². The van der Waals surface area contributed by atoms with Crippen LogP contribution >= 0.6 is 23.4 Å². The van der Waals surface area contributed by atoms with Crippen molar-refractivity contribution in [2.75, 3.05) is 19.5 Å². The molecule has 10 heteroatoms. The highest BCUT2D eigenvalue weighted by Gasteiger charge is 2.23. The summed E-state index contributed by atoms with van der Waals surface area (Å²) in [5.74, 6) is 1.32. The summed E-state index contributed by atoms with van der Waals surface area (Å²) >= 11 is 7.33. The molecular weight excluding hydrogens is 384 g/mol. The van der Waals surface area contributed by atoms with Crippen LogP contribution in [-0.4, -0.2) is 42.7 Å². The number of hydrogen-bond donors (Lipinski definition) is 1. The molecule has 0 radical (unpaired) electrons. The molecule has 1 atom stereocenters. The van der Waals surface area contributed by atoms with E-state index in [9.17, 15) is 8.42 Å². The average molecular weight is 405 g/mol. The van der Waals surface area contributed by atoms with Crippen molar-refractivity contribution in [3.8, 4) is 0 Å². The third-order valence-corrected chi connectivity index (χ3v) is 6.16. The molecule has 0 unspecified atom stereocenters. The number of rotatable bonds is 9. The molecule has 25 heavy (non-hydrogen) atoms. The Hall–Kier alpha value is -1.13. The first-order chi connectivity index (χ1) is 11.9. The minimum atomic E-state index is -3.68. The Morgan fingerprint density at radius 2 is 2.00 bits per heavy atom. The number of halogens is 1. The van der Waals surface area contributed by atoms with Crippen LogP contribution < -0.4 is 4.72 Å². The van der Waals surface area contributed by atoms with Crippen molar-refractivity contribution in [3.05, 3.63) is 35.1 Å². The molecule has 1 aromatic heterocycles. The minimum Gasteiger partial charge on any atom is -0.384 e. The van der Waals surface area contributed by atoms with Crippen molar-refractivity contribution in [1.29, 1.82) is 0 Å². The number of hydrogen-bond acceptors (Lipinski definition) is 6. The predicted molar refractivity (Wildman–Crippen MR) is 98.5 cm³/mol. The number of nitrogens with zero attached hydrogens (tertiary/aromatic N) is 3. The molecule has 2 rings (SSSR count). The Morgan fingerprint density at radius 1 is 1.32 bits per heavy atom. The number of methoxy groups -OCH3 is 1. The molecule has 0 spiro atoms. The van der Waals surface area contributed by atoms with Gasteiger partial charge in [-0.25, -0.2) is 13.1 Å². The van der Waals surface area contributed by atoms with Crippen LogP contribution in [0.5, 0.6) is 0 Å². The van der Waals surface area contributed by atoms with E-state index in [1.165, 1.54) is 23.9 Å². The standard InChI is InChI=1S/C15H21ClN4O3S2/c1-4-20-14(17-18-15(20)24-10-9-23-3)11(2)19-25(21,22)13-7-5-12(16)6-8-13/h5-8,11,19H,4,9-10H2,1-3H3/t11-/m1/s1. The predicted octanol–water partition coefficient (Wildman–Crippen LogP) is 2.73. The van der Waals surface area contributed by atoms with Crippen LogP contribution in [0.15, 0.2) is 34.3 Å². The molecule has 0 fully saturated rings. The summed E-state index contributed by atoms with van der Waals surface area (Å²) in [7, 11) is -2.03. The SMILES string of the molecule is CCn1c(SCCOC)nnc1[C@@H](C)NS(=O)(=O)c1ccc(Cl)cc1. The normalized spacial score (nSPS) is 13.1. The lowest BCUT2D eigenvalue weighted by atomic mass is 10.3. The summed E-state index contributed by atoms with van der Waals surface area (Å²) in [5, 5.41) is 9.55. The summed E-state index contributed by atoms with van der Waals surface area (Å²) in [6, 6.07) is 5.49. The van der Waals surface area contributed by atoms with Gasteiger partial charge < -0.3 is 9.30 Å². The monoisotopic (exact) mass is 404 g/mol. The Labute approximate surface area is 157 Å². The molecule has 0 amide bonds. The summed E-state index contributed by atoms with van der Waals surface area (Å²) < 4.78 is 34.6. The summed E-state index contributed by atoms with van der Waals surface area (Å²) in [6.45, 7) is 4.96. The molecule has 1 heterocycles. The van der Waals surface area contributed by atoms with Crippen molar-refractivity contribution in [1.82, 2.24) is 19.5 Å². The van der Waals surface area contributed by atoms with E-state index in [0.29, 0.717) is 24.0 Å². The number of sulfonamides is 1. The molecule has 1 aromatic carbocycles. The topological polar surface area (TPSA) is 86.1 Å². The zero-order valence-electron chi connectivity index (χ0n) is 14.3. The Balaban J connectivity index is 2.17. The van der Waals surface area contributed by atoms with Crippen LogP contribution in [0.25, 0.3) is 0 Å². The van der Waals surface area contributed by atoms with Crippen LogP contribution in [-0.2, 0) is 21.3 Å². The first-order valence-corrected chi connectivity index (χ1v) is 10.6. The molecule has 1 N–H and O–H groups in total. The van der Waals surface area contributed by atoms with Crippen molar-refractivity contribution in [2.24, 2.45) is 0 Å². The fourth-order valence-electron chi connectivity index (χ4n) is 2.21. The Morgan fingerprint density at radius 3 is 2.60 bits per heavy atom. The average Bonchev–Trinajstić information content (AvgIpc) is 2.98. The first kappa shape index (κ1) is 20.2. The van der Waals surface area contributed by atoms with Crippen LogP contribution in [0.2, 0.25) is 5.02 Å². The van der Waals surface area contributed by atoms with E-state index < -0.39 is 16.1 Å². The summed E-state index contributed by atoms with van der Waals surface area (Å²) in [5.41, 5.74) is 0. The van der Waals surface area contributed by atoms with Gasteiger partial charge in [-0.1, -0.05) is 23.4 Å². The lowest BCUT2D eigenvalue weighted by molar-refractivity contribution is 0.218. The highest BCUT2D eigenvalue weighted by atomic mass is 35.5. The van der Waals surface area contributed by atoms with E-state index in [-0.39, 0.29) is 4.90 Å². The molecule has 7 nitrogen and oxygen atoms in total. The fraction of sp³-hybridized carbons (Fsp3) is 0.467. The van der Waals surface area contributed by atoms with Gasteiger partial charge in [-0.15, -0.1) is 10.2 Å². The molecule has 0 saturated heterocycles. The van der Waals surface area contributed by atoms with E-state index in [1.54, 1.807) is 26.2 Å². The number of nitrogens with one attached hydrogen (secondary N) is 1. The van der Waals surface area contributed by atoms with E-state index in [2.05, 4.69) is 14.9 Å². The molecule has 138 valence electrons. The van der Waals surface area contributed by atoms with E-state index in [4.69, 9.17) is 16.3 Å². The number of benzene rings is 1. The largest absolute Gasteiger partial charge is 0.384 e. The molecule has 0 saturated carbocycles.